The van der Waals surface area contributed by atoms with Crippen LogP contribution in [0.25, 0.3) is 10.2 Å². The van der Waals surface area contributed by atoms with Crippen LogP contribution in [-0.2, 0) is 25.1 Å². The molecule has 0 aromatic carbocycles. The van der Waals surface area contributed by atoms with Crippen molar-refractivity contribution in [2.45, 2.75) is 57.0 Å². The number of nitrogens with two attached hydrogens (primary N) is 1. The van der Waals surface area contributed by atoms with Crippen molar-refractivity contribution in [2.24, 2.45) is 5.92 Å². The lowest BCUT2D eigenvalue weighted by Gasteiger charge is -2.10. The fourth-order valence-corrected chi connectivity index (χ4v) is 5.22. The Morgan fingerprint density at radius 2 is 2.08 bits per heavy atom. The number of nitrogens with zero attached hydrogens (tertiary/aromatic N) is 6. The average molecular weight is 376 g/mol. The number of tetrazole rings is 1. The zero-order chi connectivity index (χ0) is 17.4. The zero-order valence-electron chi connectivity index (χ0n) is 14.4. The number of aryl methyl sites for hydroxylation is 2. The van der Waals surface area contributed by atoms with E-state index in [-0.39, 0.29) is 0 Å². The lowest BCUT2D eigenvalue weighted by Crippen LogP contribution is -2.08. The van der Waals surface area contributed by atoms with E-state index in [0.29, 0.717) is 17.5 Å². The van der Waals surface area contributed by atoms with Crippen LogP contribution >= 0.6 is 23.1 Å². The van der Waals surface area contributed by atoms with Gasteiger partial charge in [0.05, 0.1) is 11.1 Å². The van der Waals surface area contributed by atoms with Gasteiger partial charge in [-0.05, 0) is 47.6 Å². The highest BCUT2D eigenvalue weighted by Crippen LogP contribution is 2.38. The van der Waals surface area contributed by atoms with Crippen molar-refractivity contribution in [1.82, 2.24) is 30.2 Å². The predicted molar refractivity (Wildman–Crippen MR) is 101 cm³/mol. The van der Waals surface area contributed by atoms with E-state index in [1.807, 2.05) is 4.68 Å². The maximum Gasteiger partial charge on any atom is 0.209 e. The highest BCUT2D eigenvalue weighted by atomic mass is 32.2. The van der Waals surface area contributed by atoms with Gasteiger partial charge in [0.25, 0.3) is 0 Å². The van der Waals surface area contributed by atoms with Crippen LogP contribution in [0.1, 0.15) is 43.0 Å². The molecule has 0 aliphatic heterocycles. The number of thioether (sulfide) groups is 1. The molecule has 0 radical (unpaired) electrons. The number of fused-ring (bicyclic) bond motifs is 3. The molecule has 9 heteroatoms. The van der Waals surface area contributed by atoms with Gasteiger partial charge in [0.15, 0.2) is 0 Å². The highest BCUT2D eigenvalue weighted by molar-refractivity contribution is 7.98. The van der Waals surface area contributed by atoms with E-state index in [0.717, 1.165) is 40.6 Å². The van der Waals surface area contributed by atoms with E-state index in [1.54, 1.807) is 23.1 Å². The molecule has 4 rings (SSSR count). The number of hydrogen-bond donors (Lipinski definition) is 1. The molecule has 25 heavy (non-hydrogen) atoms. The van der Waals surface area contributed by atoms with E-state index in [4.69, 9.17) is 10.7 Å². The molecule has 3 aromatic rings. The van der Waals surface area contributed by atoms with Crippen molar-refractivity contribution in [3.05, 3.63) is 16.3 Å². The Kier molecular flexibility index (Phi) is 4.60. The highest BCUT2D eigenvalue weighted by Gasteiger charge is 2.20. The minimum atomic E-state index is 0.489. The third kappa shape index (κ3) is 3.35. The molecule has 3 heterocycles. The number of anilines is 1. The molecule has 2 N–H and O–H groups in total. The molecule has 7 nitrogen and oxygen atoms in total. The second-order valence-electron chi connectivity index (χ2n) is 6.74. The molecule has 0 unspecified atom stereocenters. The van der Waals surface area contributed by atoms with E-state index in [9.17, 15) is 0 Å². The first-order valence-electron chi connectivity index (χ1n) is 8.57. The Balaban J connectivity index is 1.57. The van der Waals surface area contributed by atoms with Gasteiger partial charge in [-0.1, -0.05) is 25.6 Å². The third-order valence-corrected chi connectivity index (χ3v) is 6.40. The van der Waals surface area contributed by atoms with Crippen LogP contribution < -0.4 is 5.73 Å². The van der Waals surface area contributed by atoms with Gasteiger partial charge >= 0.3 is 0 Å². The Morgan fingerprint density at radius 1 is 1.24 bits per heavy atom. The van der Waals surface area contributed by atoms with Gasteiger partial charge in [-0.25, -0.2) is 14.6 Å². The van der Waals surface area contributed by atoms with Gasteiger partial charge < -0.3 is 5.73 Å². The topological polar surface area (TPSA) is 95.4 Å². The summed E-state index contributed by atoms with van der Waals surface area (Å²) in [7, 11) is 0. The fraction of sp³-hybridized carbons (Fsp3) is 0.562. The molecule has 132 valence electrons. The number of nitrogen functional groups attached to an aromatic ring is 1. The van der Waals surface area contributed by atoms with Crippen molar-refractivity contribution in [3.8, 4) is 0 Å². The number of aromatic nitrogens is 6. The Morgan fingerprint density at radius 3 is 2.92 bits per heavy atom. The quantitative estimate of drug-likeness (QED) is 0.685. The summed E-state index contributed by atoms with van der Waals surface area (Å²) in [6, 6.07) is 0. The molecule has 0 fully saturated rings. The maximum atomic E-state index is 6.27. The maximum absolute atomic E-state index is 6.27. The first kappa shape index (κ1) is 16.7. The standard InChI is InChI=1S/C16H21N7S2/c1-9(2)7-23-16(20-21-22-23)24-8-12-18-14(17)13-10-5-3-4-6-11(10)25-15(13)19-12/h9H,3-8H2,1-2H3,(H2,17,18,19). The van der Waals surface area contributed by atoms with Crippen molar-refractivity contribution in [3.63, 3.8) is 0 Å². The van der Waals surface area contributed by atoms with Crippen LogP contribution in [-0.4, -0.2) is 30.2 Å². The van der Waals surface area contributed by atoms with Crippen LogP contribution in [0.15, 0.2) is 5.16 Å². The predicted octanol–water partition coefficient (Wildman–Crippen LogP) is 3.09. The number of hydrogen-bond acceptors (Lipinski definition) is 8. The van der Waals surface area contributed by atoms with Crippen LogP contribution in [0.4, 0.5) is 5.82 Å². The van der Waals surface area contributed by atoms with Crippen molar-refractivity contribution in [2.75, 3.05) is 5.73 Å². The van der Waals surface area contributed by atoms with Crippen molar-refractivity contribution < 1.29 is 0 Å². The van der Waals surface area contributed by atoms with Crippen LogP contribution in [0.3, 0.4) is 0 Å². The van der Waals surface area contributed by atoms with Crippen molar-refractivity contribution in [1.29, 1.82) is 0 Å². The molecule has 0 spiro atoms. The average Bonchev–Trinajstić information content (AvgIpc) is 3.16. The molecule has 0 saturated heterocycles. The first-order chi connectivity index (χ1) is 12.1. The second-order valence-corrected chi connectivity index (χ2v) is 8.77. The molecule has 1 aliphatic rings. The minimum absolute atomic E-state index is 0.489. The zero-order valence-corrected chi connectivity index (χ0v) is 16.0. The summed E-state index contributed by atoms with van der Waals surface area (Å²) in [6.07, 6.45) is 4.73. The number of thiophene rings is 1. The Bertz CT molecular complexity index is 899. The van der Waals surface area contributed by atoms with Gasteiger partial charge in [0, 0.05) is 11.4 Å². The molecule has 0 bridgehead atoms. The van der Waals surface area contributed by atoms with E-state index < -0.39 is 0 Å². The molecule has 0 atom stereocenters. The first-order valence-corrected chi connectivity index (χ1v) is 10.4. The molecule has 0 amide bonds. The van der Waals surface area contributed by atoms with Gasteiger partial charge in [-0.15, -0.1) is 16.4 Å². The molecular weight excluding hydrogens is 354 g/mol. The molecule has 3 aromatic heterocycles. The summed E-state index contributed by atoms with van der Waals surface area (Å²) in [4.78, 5) is 11.8. The van der Waals surface area contributed by atoms with Gasteiger partial charge in [0.1, 0.15) is 16.5 Å². The molecular formula is C16H21N7S2. The Labute approximate surface area is 154 Å². The summed E-state index contributed by atoms with van der Waals surface area (Å²) in [5, 5.41) is 13.8. The van der Waals surface area contributed by atoms with E-state index in [1.165, 1.54) is 23.3 Å². The van der Waals surface area contributed by atoms with Crippen LogP contribution in [0, 0.1) is 5.92 Å². The SMILES string of the molecule is CC(C)Cn1nnnc1SCc1nc(N)c2c3c(sc2n1)CCCC3. The van der Waals surface area contributed by atoms with Crippen LogP contribution in [0.5, 0.6) is 0 Å². The van der Waals surface area contributed by atoms with Crippen LogP contribution in [0.2, 0.25) is 0 Å². The van der Waals surface area contributed by atoms with Gasteiger partial charge in [-0.3, -0.25) is 0 Å². The second kappa shape index (κ2) is 6.87. The lowest BCUT2D eigenvalue weighted by atomic mass is 9.97. The monoisotopic (exact) mass is 375 g/mol. The van der Waals surface area contributed by atoms with E-state index >= 15 is 0 Å². The van der Waals surface area contributed by atoms with Crippen molar-refractivity contribution >= 4 is 39.1 Å². The minimum Gasteiger partial charge on any atom is -0.383 e. The summed E-state index contributed by atoms with van der Waals surface area (Å²) in [6.45, 7) is 5.09. The summed E-state index contributed by atoms with van der Waals surface area (Å²) < 4.78 is 1.83. The third-order valence-electron chi connectivity index (χ3n) is 4.26. The van der Waals surface area contributed by atoms with Gasteiger partial charge in [0.2, 0.25) is 5.16 Å². The Hall–Kier alpha value is -1.74. The summed E-state index contributed by atoms with van der Waals surface area (Å²) >= 11 is 3.33. The molecule has 0 saturated carbocycles. The fourth-order valence-electron chi connectivity index (χ4n) is 3.19. The van der Waals surface area contributed by atoms with Gasteiger partial charge in [-0.2, -0.15) is 0 Å². The van der Waals surface area contributed by atoms with E-state index in [2.05, 4.69) is 34.4 Å². The smallest absolute Gasteiger partial charge is 0.209 e. The number of rotatable bonds is 5. The lowest BCUT2D eigenvalue weighted by molar-refractivity contribution is 0.445. The largest absolute Gasteiger partial charge is 0.383 e. The normalized spacial score (nSPS) is 14.4. The summed E-state index contributed by atoms with van der Waals surface area (Å²) in [5.41, 5.74) is 7.65. The molecule has 1 aliphatic carbocycles. The summed E-state index contributed by atoms with van der Waals surface area (Å²) in [5.74, 6) is 2.46.